The zero-order valence-electron chi connectivity index (χ0n) is 9.80. The molecule has 2 nitrogen and oxygen atoms in total. The van der Waals surface area contributed by atoms with Crippen molar-refractivity contribution in [3.05, 3.63) is 39.5 Å². The number of aryl methyl sites for hydroxylation is 1. The van der Waals surface area contributed by atoms with Gasteiger partial charge in [-0.15, -0.1) is 0 Å². The van der Waals surface area contributed by atoms with Gasteiger partial charge in [-0.25, -0.2) is 0 Å². The van der Waals surface area contributed by atoms with E-state index >= 15 is 0 Å². The predicted octanol–water partition coefficient (Wildman–Crippen LogP) is 3.74. The number of pyridine rings is 1. The summed E-state index contributed by atoms with van der Waals surface area (Å²) in [5.41, 5.74) is 8.64. The van der Waals surface area contributed by atoms with Crippen LogP contribution in [0.4, 0.5) is 0 Å². The van der Waals surface area contributed by atoms with Gasteiger partial charge in [0.1, 0.15) is 0 Å². The molecule has 0 saturated carbocycles. The van der Waals surface area contributed by atoms with Gasteiger partial charge >= 0.3 is 0 Å². The quantitative estimate of drug-likeness (QED) is 0.901. The average molecular weight is 269 g/mol. The van der Waals surface area contributed by atoms with Crippen molar-refractivity contribution in [1.29, 1.82) is 0 Å². The Labute approximate surface area is 111 Å². The van der Waals surface area contributed by atoms with Crippen LogP contribution in [0.3, 0.4) is 0 Å². The molecule has 4 heteroatoms. The lowest BCUT2D eigenvalue weighted by Crippen LogP contribution is -2.18. The molecule has 90 valence electrons. The van der Waals surface area contributed by atoms with Gasteiger partial charge in [0, 0.05) is 23.5 Å². The normalized spacial score (nSPS) is 13.0. The van der Waals surface area contributed by atoms with Crippen LogP contribution in [0.15, 0.2) is 18.2 Å². The molecule has 0 radical (unpaired) electrons. The number of hydrogen-bond acceptors (Lipinski definition) is 2. The second-order valence-corrected chi connectivity index (χ2v) is 5.15. The Bertz CT molecular complexity index is 565. The van der Waals surface area contributed by atoms with Gasteiger partial charge in [0.05, 0.1) is 15.6 Å². The lowest BCUT2D eigenvalue weighted by atomic mass is 10.1. The molecule has 1 unspecified atom stereocenters. The first-order valence-corrected chi connectivity index (χ1v) is 6.24. The molecule has 0 amide bonds. The summed E-state index contributed by atoms with van der Waals surface area (Å²) in [6.07, 6.45) is 0.736. The number of halogens is 2. The van der Waals surface area contributed by atoms with E-state index in [1.807, 2.05) is 19.9 Å². The van der Waals surface area contributed by atoms with E-state index < -0.39 is 0 Å². The largest absolute Gasteiger partial charge is 0.328 e. The lowest BCUT2D eigenvalue weighted by molar-refractivity contribution is 0.724. The molecule has 1 heterocycles. The van der Waals surface area contributed by atoms with Crippen molar-refractivity contribution in [2.75, 3.05) is 0 Å². The maximum Gasteiger partial charge on any atom is 0.0909 e. The van der Waals surface area contributed by atoms with Gasteiger partial charge in [-0.2, -0.15) is 0 Å². The molecule has 2 rings (SSSR count). The number of benzene rings is 1. The van der Waals surface area contributed by atoms with E-state index in [1.54, 1.807) is 6.07 Å². The van der Waals surface area contributed by atoms with Crippen LogP contribution in [-0.2, 0) is 6.42 Å². The third-order valence-corrected chi connectivity index (χ3v) is 3.46. The molecule has 0 aliphatic heterocycles. The molecule has 0 aliphatic carbocycles. The highest BCUT2D eigenvalue weighted by Crippen LogP contribution is 2.31. The Kier molecular flexibility index (Phi) is 3.57. The summed E-state index contributed by atoms with van der Waals surface area (Å²) in [5.74, 6) is 0. The van der Waals surface area contributed by atoms with Gasteiger partial charge in [-0.05, 0) is 31.5 Å². The SMILES string of the molecule is Cc1cc(CC(C)N)nc2c(Cl)c(Cl)ccc12. The average Bonchev–Trinajstić information content (AvgIpc) is 2.23. The number of hydrogen-bond donors (Lipinski definition) is 1. The van der Waals surface area contributed by atoms with Crippen molar-refractivity contribution < 1.29 is 0 Å². The summed E-state index contributed by atoms with van der Waals surface area (Å²) >= 11 is 12.2. The van der Waals surface area contributed by atoms with E-state index in [0.29, 0.717) is 10.0 Å². The first-order valence-electron chi connectivity index (χ1n) is 5.49. The molecule has 0 fully saturated rings. The summed E-state index contributed by atoms with van der Waals surface area (Å²) < 4.78 is 0. The van der Waals surface area contributed by atoms with Crippen LogP contribution in [0, 0.1) is 6.92 Å². The van der Waals surface area contributed by atoms with Gasteiger partial charge in [-0.3, -0.25) is 4.98 Å². The molecule has 0 aliphatic rings. The minimum atomic E-state index is 0.0808. The number of aromatic nitrogens is 1. The highest BCUT2D eigenvalue weighted by molar-refractivity contribution is 6.45. The van der Waals surface area contributed by atoms with E-state index in [4.69, 9.17) is 28.9 Å². The Morgan fingerprint density at radius 1 is 1.35 bits per heavy atom. The fourth-order valence-corrected chi connectivity index (χ4v) is 2.27. The number of rotatable bonds is 2. The Balaban J connectivity index is 2.66. The van der Waals surface area contributed by atoms with E-state index in [0.717, 1.165) is 28.6 Å². The van der Waals surface area contributed by atoms with E-state index in [9.17, 15) is 0 Å². The van der Waals surface area contributed by atoms with Gasteiger partial charge < -0.3 is 5.73 Å². The van der Waals surface area contributed by atoms with Crippen molar-refractivity contribution in [3.8, 4) is 0 Å². The molecule has 0 saturated heterocycles. The van der Waals surface area contributed by atoms with Crippen molar-refractivity contribution in [2.45, 2.75) is 26.3 Å². The molecule has 1 atom stereocenters. The van der Waals surface area contributed by atoms with Crippen LogP contribution in [0.5, 0.6) is 0 Å². The zero-order valence-corrected chi connectivity index (χ0v) is 11.3. The summed E-state index contributed by atoms with van der Waals surface area (Å²) in [7, 11) is 0. The molecular formula is C13H14Cl2N2. The van der Waals surface area contributed by atoms with Crippen molar-refractivity contribution in [2.24, 2.45) is 5.73 Å². The van der Waals surface area contributed by atoms with Gasteiger partial charge in [0.25, 0.3) is 0 Å². The second kappa shape index (κ2) is 4.81. The Morgan fingerprint density at radius 2 is 2.06 bits per heavy atom. The van der Waals surface area contributed by atoms with E-state index in [2.05, 4.69) is 11.1 Å². The van der Waals surface area contributed by atoms with Crippen molar-refractivity contribution in [1.82, 2.24) is 4.98 Å². The van der Waals surface area contributed by atoms with Crippen molar-refractivity contribution >= 4 is 34.1 Å². The number of nitrogens with two attached hydrogens (primary N) is 1. The third-order valence-electron chi connectivity index (χ3n) is 2.66. The van der Waals surface area contributed by atoms with Gasteiger partial charge in [0.2, 0.25) is 0 Å². The maximum atomic E-state index is 6.18. The van der Waals surface area contributed by atoms with Crippen LogP contribution >= 0.6 is 23.2 Å². The topological polar surface area (TPSA) is 38.9 Å². The van der Waals surface area contributed by atoms with Crippen LogP contribution in [0.25, 0.3) is 10.9 Å². The smallest absolute Gasteiger partial charge is 0.0909 e. The Morgan fingerprint density at radius 3 is 2.71 bits per heavy atom. The van der Waals surface area contributed by atoms with Crippen LogP contribution in [0.1, 0.15) is 18.2 Å². The predicted molar refractivity (Wildman–Crippen MR) is 73.9 cm³/mol. The first-order chi connectivity index (χ1) is 7.99. The molecule has 2 aromatic rings. The summed E-state index contributed by atoms with van der Waals surface area (Å²) in [6, 6.07) is 5.88. The van der Waals surface area contributed by atoms with Crippen LogP contribution in [-0.4, -0.2) is 11.0 Å². The van der Waals surface area contributed by atoms with Crippen LogP contribution < -0.4 is 5.73 Å². The third kappa shape index (κ3) is 2.54. The summed E-state index contributed by atoms with van der Waals surface area (Å²) in [5, 5.41) is 2.08. The highest BCUT2D eigenvalue weighted by Gasteiger charge is 2.10. The van der Waals surface area contributed by atoms with E-state index in [1.165, 1.54) is 0 Å². The lowest BCUT2D eigenvalue weighted by Gasteiger charge is -2.10. The monoisotopic (exact) mass is 268 g/mol. The van der Waals surface area contributed by atoms with E-state index in [-0.39, 0.29) is 6.04 Å². The minimum absolute atomic E-state index is 0.0808. The highest BCUT2D eigenvalue weighted by atomic mass is 35.5. The molecule has 0 bridgehead atoms. The van der Waals surface area contributed by atoms with Crippen molar-refractivity contribution in [3.63, 3.8) is 0 Å². The molecular weight excluding hydrogens is 255 g/mol. The van der Waals surface area contributed by atoms with Crippen LogP contribution in [0.2, 0.25) is 10.0 Å². The molecule has 1 aromatic heterocycles. The second-order valence-electron chi connectivity index (χ2n) is 4.37. The minimum Gasteiger partial charge on any atom is -0.328 e. The standard InChI is InChI=1S/C13H14Cl2N2/c1-7-5-9(6-8(2)16)17-13-10(7)3-4-11(14)12(13)15/h3-5,8H,6,16H2,1-2H3. The molecule has 0 spiro atoms. The zero-order chi connectivity index (χ0) is 12.6. The van der Waals surface area contributed by atoms with Gasteiger partial charge in [-0.1, -0.05) is 29.3 Å². The molecule has 1 aromatic carbocycles. The Hall–Kier alpha value is -0.830. The fourth-order valence-electron chi connectivity index (χ4n) is 1.91. The number of nitrogens with zero attached hydrogens (tertiary/aromatic N) is 1. The first kappa shape index (κ1) is 12.6. The fraction of sp³-hybridized carbons (Fsp3) is 0.308. The summed E-state index contributed by atoms with van der Waals surface area (Å²) in [6.45, 7) is 4.00. The summed E-state index contributed by atoms with van der Waals surface area (Å²) in [4.78, 5) is 4.54. The van der Waals surface area contributed by atoms with Gasteiger partial charge in [0.15, 0.2) is 0 Å². The molecule has 17 heavy (non-hydrogen) atoms. The maximum absolute atomic E-state index is 6.18. The number of fused-ring (bicyclic) bond motifs is 1. The molecule has 2 N–H and O–H groups in total.